The molecule has 182 valence electrons. The molecule has 3 unspecified atom stereocenters. The lowest BCUT2D eigenvalue weighted by molar-refractivity contribution is -0.166. The number of carbonyl (C=O) groups excluding carboxylic acids is 3. The van der Waals surface area contributed by atoms with Crippen molar-refractivity contribution < 1.29 is 29.0 Å². The number of benzene rings is 1. The van der Waals surface area contributed by atoms with E-state index in [1.165, 1.54) is 16.7 Å². The maximum atomic E-state index is 13.5. The van der Waals surface area contributed by atoms with Crippen LogP contribution in [-0.4, -0.2) is 56.5 Å². The molecule has 11 heteroatoms. The van der Waals surface area contributed by atoms with Crippen LogP contribution in [0.25, 0.3) is 0 Å². The van der Waals surface area contributed by atoms with E-state index in [2.05, 4.69) is 5.32 Å². The lowest BCUT2D eigenvalue weighted by atomic mass is 9.87. The number of nitrogens with zero attached hydrogens (tertiary/aromatic N) is 1. The molecule has 0 aliphatic carbocycles. The number of carboxylic acid groups (broad SMARTS) is 1. The quantitative estimate of drug-likeness (QED) is 0.310. The standard InChI is InChI=1S/C23H27N3O6S2/c1-11-8-34-18-15(17(27)26(18)16(11)19(28)29)25-20(30)23(24,21(31)32-22(2,3)4)14-6-5-12-9-33-10-13(12)7-14/h5-7,15,18H,8-10,24H2,1-4H3,(H,25,30)(H,28,29). The summed E-state index contributed by atoms with van der Waals surface area (Å²) in [5.41, 5.74) is 6.34. The maximum Gasteiger partial charge on any atom is 0.352 e. The van der Waals surface area contributed by atoms with Gasteiger partial charge in [0.05, 0.1) is 0 Å². The van der Waals surface area contributed by atoms with Crippen LogP contribution in [0.2, 0.25) is 0 Å². The fourth-order valence-corrected chi connectivity index (χ4v) is 6.53. The van der Waals surface area contributed by atoms with Crippen molar-refractivity contribution in [3.8, 4) is 0 Å². The SMILES string of the molecule is CC1=C(C(=O)O)N2C(=O)C(NC(=O)C(N)(C(=O)OC(C)(C)C)c3ccc4c(c3)CSC4)C2SC1. The molecule has 0 aromatic heterocycles. The highest BCUT2D eigenvalue weighted by Gasteiger charge is 2.56. The molecule has 0 bridgehead atoms. The number of aliphatic carboxylic acids is 1. The Bertz CT molecular complexity index is 1130. The summed E-state index contributed by atoms with van der Waals surface area (Å²) >= 11 is 3.07. The third-order valence-electron chi connectivity index (χ3n) is 5.90. The van der Waals surface area contributed by atoms with Crippen LogP contribution in [0.4, 0.5) is 0 Å². The number of fused-ring (bicyclic) bond motifs is 2. The highest BCUT2D eigenvalue weighted by Crippen LogP contribution is 2.41. The summed E-state index contributed by atoms with van der Waals surface area (Å²) in [4.78, 5) is 52.5. The minimum absolute atomic E-state index is 0.0680. The van der Waals surface area contributed by atoms with Gasteiger partial charge >= 0.3 is 11.9 Å². The number of hydrogen-bond donors (Lipinski definition) is 3. The van der Waals surface area contributed by atoms with E-state index < -0.39 is 46.3 Å². The average Bonchev–Trinajstić information content (AvgIpc) is 3.22. The average molecular weight is 506 g/mol. The van der Waals surface area contributed by atoms with E-state index in [9.17, 15) is 24.3 Å². The van der Waals surface area contributed by atoms with Gasteiger partial charge in [-0.2, -0.15) is 11.8 Å². The molecule has 3 heterocycles. The van der Waals surface area contributed by atoms with Crippen molar-refractivity contribution in [1.29, 1.82) is 0 Å². The second-order valence-electron chi connectivity index (χ2n) is 9.58. The molecule has 9 nitrogen and oxygen atoms in total. The van der Waals surface area contributed by atoms with Crippen LogP contribution in [0.1, 0.15) is 44.4 Å². The Kier molecular flexibility index (Phi) is 6.24. The highest BCUT2D eigenvalue weighted by molar-refractivity contribution is 8.00. The van der Waals surface area contributed by atoms with Gasteiger partial charge in [0, 0.05) is 17.3 Å². The zero-order chi connectivity index (χ0) is 25.0. The number of carbonyl (C=O) groups is 4. The lowest BCUT2D eigenvalue weighted by Crippen LogP contribution is -2.73. The van der Waals surface area contributed by atoms with Crippen molar-refractivity contribution in [3.63, 3.8) is 0 Å². The summed E-state index contributed by atoms with van der Waals surface area (Å²) in [7, 11) is 0. The number of rotatable bonds is 5. The van der Waals surface area contributed by atoms with Crippen molar-refractivity contribution in [2.24, 2.45) is 5.73 Å². The first-order valence-corrected chi connectivity index (χ1v) is 13.0. The molecule has 3 aliphatic heterocycles. The number of nitrogens with two attached hydrogens (primary N) is 1. The number of nitrogens with one attached hydrogen (secondary N) is 1. The minimum Gasteiger partial charge on any atom is -0.477 e. The molecule has 0 spiro atoms. The van der Waals surface area contributed by atoms with E-state index in [4.69, 9.17) is 10.5 Å². The number of thioether (sulfide) groups is 2. The van der Waals surface area contributed by atoms with Gasteiger partial charge < -0.3 is 20.9 Å². The molecule has 34 heavy (non-hydrogen) atoms. The molecule has 0 radical (unpaired) electrons. The zero-order valence-corrected chi connectivity index (χ0v) is 21.0. The van der Waals surface area contributed by atoms with E-state index in [-0.39, 0.29) is 11.3 Å². The maximum absolute atomic E-state index is 13.5. The third kappa shape index (κ3) is 4.09. The molecule has 3 atom stereocenters. The Hall–Kier alpha value is -2.50. The number of esters is 1. The first-order chi connectivity index (χ1) is 15.8. The van der Waals surface area contributed by atoms with E-state index in [1.54, 1.807) is 51.6 Å². The lowest BCUT2D eigenvalue weighted by Gasteiger charge is -2.49. The molecule has 1 saturated heterocycles. The van der Waals surface area contributed by atoms with E-state index in [0.717, 1.165) is 22.6 Å². The van der Waals surface area contributed by atoms with Crippen molar-refractivity contribution in [3.05, 3.63) is 46.2 Å². The third-order valence-corrected chi connectivity index (χ3v) is 8.36. The van der Waals surface area contributed by atoms with Crippen molar-refractivity contribution >= 4 is 47.3 Å². The van der Waals surface area contributed by atoms with Crippen molar-refractivity contribution in [2.75, 3.05) is 5.75 Å². The van der Waals surface area contributed by atoms with Crippen LogP contribution in [0, 0.1) is 0 Å². The summed E-state index contributed by atoms with van der Waals surface area (Å²) in [5, 5.41) is 11.5. The molecular weight excluding hydrogens is 478 g/mol. The second kappa shape index (κ2) is 8.62. The first kappa shape index (κ1) is 24.6. The van der Waals surface area contributed by atoms with Crippen molar-refractivity contribution in [1.82, 2.24) is 10.2 Å². The summed E-state index contributed by atoms with van der Waals surface area (Å²) in [6.07, 6.45) is 0. The van der Waals surface area contributed by atoms with Gasteiger partial charge in [0.1, 0.15) is 22.7 Å². The van der Waals surface area contributed by atoms with E-state index >= 15 is 0 Å². The first-order valence-electron chi connectivity index (χ1n) is 10.8. The fourth-order valence-electron chi connectivity index (χ4n) is 4.15. The molecule has 4 rings (SSSR count). The summed E-state index contributed by atoms with van der Waals surface area (Å²) in [6, 6.07) is 4.24. The van der Waals surface area contributed by atoms with E-state index in [0.29, 0.717) is 11.3 Å². The van der Waals surface area contributed by atoms with Crippen LogP contribution in [0.5, 0.6) is 0 Å². The molecule has 1 aromatic carbocycles. The number of ether oxygens (including phenoxy) is 1. The number of hydrogen-bond acceptors (Lipinski definition) is 8. The van der Waals surface area contributed by atoms with Gasteiger partial charge in [0.25, 0.3) is 11.8 Å². The second-order valence-corrected chi connectivity index (χ2v) is 11.7. The van der Waals surface area contributed by atoms with E-state index in [1.807, 2.05) is 6.07 Å². The minimum atomic E-state index is -2.18. The number of carboxylic acids is 1. The molecule has 0 saturated carbocycles. The van der Waals surface area contributed by atoms with Gasteiger partial charge in [-0.05, 0) is 50.0 Å². The van der Waals surface area contributed by atoms with Crippen LogP contribution in [-0.2, 0) is 41.0 Å². The topological polar surface area (TPSA) is 139 Å². The van der Waals surface area contributed by atoms with Gasteiger partial charge in [0.2, 0.25) is 5.54 Å². The van der Waals surface area contributed by atoms with Crippen molar-refractivity contribution in [2.45, 2.75) is 61.8 Å². The summed E-state index contributed by atoms with van der Waals surface area (Å²) in [6.45, 7) is 6.69. The number of β-lactam (4-membered cyclic amide) rings is 1. The Labute approximate surface area is 205 Å². The summed E-state index contributed by atoms with van der Waals surface area (Å²) in [5.74, 6) is -1.55. The molecule has 1 aromatic rings. The Balaban J connectivity index is 1.64. The predicted octanol–water partition coefficient (Wildman–Crippen LogP) is 1.69. The number of amides is 2. The van der Waals surface area contributed by atoms with Gasteiger partial charge in [-0.15, -0.1) is 11.8 Å². The fraction of sp³-hybridized carbons (Fsp3) is 0.478. The van der Waals surface area contributed by atoms with Crippen LogP contribution < -0.4 is 11.1 Å². The smallest absolute Gasteiger partial charge is 0.352 e. The largest absolute Gasteiger partial charge is 0.477 e. The van der Waals surface area contributed by atoms with Crippen LogP contribution >= 0.6 is 23.5 Å². The van der Waals surface area contributed by atoms with Gasteiger partial charge in [-0.25, -0.2) is 9.59 Å². The highest BCUT2D eigenvalue weighted by atomic mass is 32.2. The Morgan fingerprint density at radius 3 is 2.50 bits per heavy atom. The molecule has 3 aliphatic rings. The Morgan fingerprint density at radius 2 is 1.85 bits per heavy atom. The molecule has 2 amide bonds. The Morgan fingerprint density at radius 1 is 1.18 bits per heavy atom. The predicted molar refractivity (Wildman–Crippen MR) is 129 cm³/mol. The normalized spacial score (nSPS) is 23.4. The molecule has 1 fully saturated rings. The zero-order valence-electron chi connectivity index (χ0n) is 19.3. The monoisotopic (exact) mass is 505 g/mol. The van der Waals surface area contributed by atoms with Gasteiger partial charge in [-0.3, -0.25) is 14.5 Å². The van der Waals surface area contributed by atoms with Crippen LogP contribution in [0.15, 0.2) is 29.5 Å². The van der Waals surface area contributed by atoms with Gasteiger partial charge in [-0.1, -0.05) is 18.2 Å². The summed E-state index contributed by atoms with van der Waals surface area (Å²) < 4.78 is 5.51. The van der Waals surface area contributed by atoms with Gasteiger partial charge in [0.15, 0.2) is 0 Å². The molecule has 4 N–H and O–H groups in total. The molecular formula is C23H27N3O6S2. The van der Waals surface area contributed by atoms with Crippen LogP contribution in [0.3, 0.4) is 0 Å².